The van der Waals surface area contributed by atoms with Crippen LogP contribution in [0.4, 0.5) is 17.3 Å². The molecule has 0 saturated carbocycles. The maximum absolute atomic E-state index is 12.4. The van der Waals surface area contributed by atoms with Crippen molar-refractivity contribution < 1.29 is 4.79 Å². The lowest BCUT2D eigenvalue weighted by molar-refractivity contribution is 0.102. The molecule has 6 heteroatoms. The molecule has 0 spiro atoms. The molecule has 3 rings (SSSR count). The van der Waals surface area contributed by atoms with E-state index in [4.69, 9.17) is 5.26 Å². The Labute approximate surface area is 157 Å². The number of carbonyl (C=O) groups excluding carboxylic acids is 1. The van der Waals surface area contributed by atoms with Crippen molar-refractivity contribution in [1.82, 2.24) is 9.97 Å². The van der Waals surface area contributed by atoms with Crippen LogP contribution in [-0.2, 0) is 0 Å². The first-order valence-corrected chi connectivity index (χ1v) is 8.56. The van der Waals surface area contributed by atoms with E-state index >= 15 is 0 Å². The molecule has 1 amide bonds. The molecule has 0 saturated heterocycles. The van der Waals surface area contributed by atoms with Crippen molar-refractivity contribution in [1.29, 1.82) is 5.26 Å². The van der Waals surface area contributed by atoms with Gasteiger partial charge >= 0.3 is 0 Å². The number of carbonyl (C=O) groups is 1. The molecule has 0 bridgehead atoms. The minimum atomic E-state index is -0.347. The Morgan fingerprint density at radius 1 is 1.00 bits per heavy atom. The van der Waals surface area contributed by atoms with Gasteiger partial charge in [0.1, 0.15) is 5.69 Å². The third kappa shape index (κ3) is 4.67. The van der Waals surface area contributed by atoms with E-state index in [-0.39, 0.29) is 11.6 Å². The second-order valence-corrected chi connectivity index (χ2v) is 6.31. The summed E-state index contributed by atoms with van der Waals surface area (Å²) in [7, 11) is 0. The smallest absolute Gasteiger partial charge is 0.274 e. The average molecular weight is 357 g/mol. The molecule has 3 aromatic rings. The Bertz CT molecular complexity index is 973. The highest BCUT2D eigenvalue weighted by molar-refractivity contribution is 6.03. The Kier molecular flexibility index (Phi) is 5.43. The number of nitrogens with one attached hydrogen (secondary N) is 2. The molecule has 0 aliphatic rings. The molecule has 1 aromatic heterocycles. The van der Waals surface area contributed by atoms with Gasteiger partial charge in [0.25, 0.3) is 5.91 Å². The van der Waals surface area contributed by atoms with Gasteiger partial charge in [0.15, 0.2) is 0 Å². The van der Waals surface area contributed by atoms with Gasteiger partial charge < -0.3 is 10.6 Å². The second kappa shape index (κ2) is 8.11. The molecule has 2 N–H and O–H groups in total. The SMILES string of the molecule is CC(C)c1ccc(Nc2nccc(C(=O)Nc3ccc(C#N)cc3)n2)cc1. The number of hydrogen-bond donors (Lipinski definition) is 2. The van der Waals surface area contributed by atoms with Crippen LogP contribution in [0.1, 0.15) is 41.4 Å². The summed E-state index contributed by atoms with van der Waals surface area (Å²) in [4.78, 5) is 20.8. The van der Waals surface area contributed by atoms with E-state index in [2.05, 4.69) is 46.6 Å². The minimum absolute atomic E-state index is 0.246. The maximum Gasteiger partial charge on any atom is 0.274 e. The van der Waals surface area contributed by atoms with Crippen LogP contribution in [-0.4, -0.2) is 15.9 Å². The number of anilines is 3. The molecule has 6 nitrogen and oxygen atoms in total. The summed E-state index contributed by atoms with van der Waals surface area (Å²) in [6.45, 7) is 4.28. The van der Waals surface area contributed by atoms with Crippen molar-refractivity contribution in [2.24, 2.45) is 0 Å². The molecule has 27 heavy (non-hydrogen) atoms. The monoisotopic (exact) mass is 357 g/mol. The average Bonchev–Trinajstić information content (AvgIpc) is 2.69. The summed E-state index contributed by atoms with van der Waals surface area (Å²) < 4.78 is 0. The van der Waals surface area contributed by atoms with E-state index in [0.29, 0.717) is 23.1 Å². The second-order valence-electron chi connectivity index (χ2n) is 6.31. The van der Waals surface area contributed by atoms with Crippen molar-refractivity contribution in [3.8, 4) is 6.07 Å². The molecule has 1 heterocycles. The molecular weight excluding hydrogens is 338 g/mol. The molecule has 0 radical (unpaired) electrons. The lowest BCUT2D eigenvalue weighted by atomic mass is 10.0. The maximum atomic E-state index is 12.4. The van der Waals surface area contributed by atoms with Gasteiger partial charge in [0.05, 0.1) is 11.6 Å². The van der Waals surface area contributed by atoms with Crippen molar-refractivity contribution >= 4 is 23.2 Å². The molecule has 0 unspecified atom stereocenters. The predicted molar refractivity (Wildman–Crippen MR) is 105 cm³/mol. The van der Waals surface area contributed by atoms with Gasteiger partial charge in [-0.05, 0) is 53.9 Å². The van der Waals surface area contributed by atoms with E-state index in [9.17, 15) is 4.79 Å². The van der Waals surface area contributed by atoms with Crippen molar-refractivity contribution in [2.75, 3.05) is 10.6 Å². The van der Waals surface area contributed by atoms with Crippen LogP contribution in [0.3, 0.4) is 0 Å². The molecule has 0 atom stereocenters. The fraction of sp³-hybridized carbons (Fsp3) is 0.143. The number of aromatic nitrogens is 2. The van der Waals surface area contributed by atoms with E-state index in [1.807, 2.05) is 18.2 Å². The number of nitriles is 1. The normalized spacial score (nSPS) is 10.3. The molecule has 0 aliphatic heterocycles. The highest BCUT2D eigenvalue weighted by Crippen LogP contribution is 2.19. The van der Waals surface area contributed by atoms with Gasteiger partial charge in [-0.2, -0.15) is 5.26 Å². The van der Waals surface area contributed by atoms with Crippen LogP contribution in [0.25, 0.3) is 0 Å². The zero-order chi connectivity index (χ0) is 19.2. The predicted octanol–water partition coefficient (Wildman–Crippen LogP) is 4.47. The molecule has 2 aromatic carbocycles. The van der Waals surface area contributed by atoms with Gasteiger partial charge in [-0.15, -0.1) is 0 Å². The van der Waals surface area contributed by atoms with Crippen LogP contribution in [0.15, 0.2) is 60.8 Å². The summed E-state index contributed by atoms with van der Waals surface area (Å²) in [5, 5.41) is 14.7. The van der Waals surface area contributed by atoms with E-state index in [0.717, 1.165) is 5.69 Å². The van der Waals surface area contributed by atoms with Gasteiger partial charge in [-0.3, -0.25) is 4.79 Å². The summed E-state index contributed by atoms with van der Waals surface area (Å²) in [6, 6.07) is 18.2. The highest BCUT2D eigenvalue weighted by Gasteiger charge is 2.10. The Balaban J connectivity index is 1.70. The summed E-state index contributed by atoms with van der Waals surface area (Å²) in [5.74, 6) is 0.463. The van der Waals surface area contributed by atoms with Crippen molar-refractivity contribution in [3.63, 3.8) is 0 Å². The quantitative estimate of drug-likeness (QED) is 0.703. The Morgan fingerprint density at radius 2 is 1.67 bits per heavy atom. The largest absolute Gasteiger partial charge is 0.324 e. The number of nitrogens with zero attached hydrogens (tertiary/aromatic N) is 3. The minimum Gasteiger partial charge on any atom is -0.324 e. The Hall–Kier alpha value is -3.72. The van der Waals surface area contributed by atoms with Gasteiger partial charge in [0.2, 0.25) is 5.95 Å². The van der Waals surface area contributed by atoms with E-state index in [1.54, 1.807) is 30.3 Å². The van der Waals surface area contributed by atoms with Crippen LogP contribution < -0.4 is 10.6 Å². The zero-order valence-corrected chi connectivity index (χ0v) is 15.1. The van der Waals surface area contributed by atoms with Crippen molar-refractivity contribution in [2.45, 2.75) is 19.8 Å². The van der Waals surface area contributed by atoms with Crippen LogP contribution >= 0.6 is 0 Å². The standard InChI is InChI=1S/C21H19N5O/c1-14(2)16-5-9-18(10-6-16)25-21-23-12-11-19(26-21)20(27)24-17-7-3-15(13-22)4-8-17/h3-12,14H,1-2H3,(H,24,27)(H,23,25,26). The fourth-order valence-electron chi connectivity index (χ4n) is 2.45. The third-order valence-electron chi connectivity index (χ3n) is 3.99. The van der Waals surface area contributed by atoms with Gasteiger partial charge in [-0.1, -0.05) is 26.0 Å². The molecule has 0 aliphatic carbocycles. The zero-order valence-electron chi connectivity index (χ0n) is 15.1. The summed E-state index contributed by atoms with van der Waals surface area (Å²) >= 11 is 0. The lowest BCUT2D eigenvalue weighted by Crippen LogP contribution is -2.14. The summed E-state index contributed by atoms with van der Waals surface area (Å²) in [6.07, 6.45) is 1.53. The van der Waals surface area contributed by atoms with Gasteiger partial charge in [0, 0.05) is 17.6 Å². The topological polar surface area (TPSA) is 90.7 Å². The van der Waals surface area contributed by atoms with Crippen LogP contribution in [0.5, 0.6) is 0 Å². The van der Waals surface area contributed by atoms with E-state index < -0.39 is 0 Å². The first-order valence-electron chi connectivity index (χ1n) is 8.56. The number of amides is 1. The lowest BCUT2D eigenvalue weighted by Gasteiger charge is -2.09. The van der Waals surface area contributed by atoms with Crippen LogP contribution in [0, 0.1) is 11.3 Å². The molecule has 0 fully saturated rings. The highest BCUT2D eigenvalue weighted by atomic mass is 16.1. The summed E-state index contributed by atoms with van der Waals surface area (Å²) in [5.41, 5.74) is 3.47. The number of benzene rings is 2. The fourth-order valence-corrected chi connectivity index (χ4v) is 2.45. The molecular formula is C21H19N5O. The first-order chi connectivity index (χ1) is 13.0. The van der Waals surface area contributed by atoms with Gasteiger partial charge in [-0.25, -0.2) is 9.97 Å². The molecule has 134 valence electrons. The Morgan fingerprint density at radius 3 is 2.30 bits per heavy atom. The number of rotatable bonds is 5. The number of hydrogen-bond acceptors (Lipinski definition) is 5. The third-order valence-corrected chi connectivity index (χ3v) is 3.99. The first kappa shape index (κ1) is 18.1. The van der Waals surface area contributed by atoms with E-state index in [1.165, 1.54) is 11.8 Å². The van der Waals surface area contributed by atoms with Crippen molar-refractivity contribution in [3.05, 3.63) is 77.6 Å². The van der Waals surface area contributed by atoms with Crippen LogP contribution in [0.2, 0.25) is 0 Å².